The lowest BCUT2D eigenvalue weighted by molar-refractivity contribution is 0.194. The van der Waals surface area contributed by atoms with E-state index in [-0.39, 0.29) is 6.10 Å². The lowest BCUT2D eigenvalue weighted by Gasteiger charge is -2.14. The summed E-state index contributed by atoms with van der Waals surface area (Å²) in [6.45, 7) is 3.75. The van der Waals surface area contributed by atoms with E-state index in [1.165, 1.54) is 0 Å². The Morgan fingerprint density at radius 1 is 1.27 bits per heavy atom. The molecule has 0 radical (unpaired) electrons. The van der Waals surface area contributed by atoms with E-state index in [1.54, 1.807) is 21.1 Å². The van der Waals surface area contributed by atoms with Crippen molar-refractivity contribution in [3.63, 3.8) is 0 Å². The molecule has 0 aliphatic rings. The van der Waals surface area contributed by atoms with Gasteiger partial charge in [0.05, 0.1) is 20.3 Å². The third-order valence-electron chi connectivity index (χ3n) is 2.22. The fraction of sp³-hybridized carbons (Fsp3) is 0.500. The Morgan fingerprint density at radius 2 is 1.93 bits per heavy atom. The second-order valence-corrected chi connectivity index (χ2v) is 3.71. The summed E-state index contributed by atoms with van der Waals surface area (Å²) in [7, 11) is 3.22. The maximum atomic E-state index is 9.38. The van der Waals surface area contributed by atoms with Crippen LogP contribution in [0.5, 0.6) is 11.5 Å². The second-order valence-electron chi connectivity index (χ2n) is 3.71. The van der Waals surface area contributed by atoms with Crippen molar-refractivity contribution in [3.05, 3.63) is 23.3 Å². The number of methoxy groups -OCH3 is 2. The molecule has 0 aromatic heterocycles. The van der Waals surface area contributed by atoms with Crippen LogP contribution in [0.1, 0.15) is 18.1 Å². The van der Waals surface area contributed by atoms with Gasteiger partial charge < -0.3 is 14.6 Å². The first-order valence-corrected chi connectivity index (χ1v) is 4.98. The maximum absolute atomic E-state index is 9.38. The first-order valence-electron chi connectivity index (χ1n) is 4.98. The highest BCUT2D eigenvalue weighted by atomic mass is 16.5. The summed E-state index contributed by atoms with van der Waals surface area (Å²) in [6, 6.07) is 3.93. The second kappa shape index (κ2) is 5.03. The van der Waals surface area contributed by atoms with Crippen LogP contribution in [0.15, 0.2) is 12.1 Å². The van der Waals surface area contributed by atoms with Crippen molar-refractivity contribution in [2.24, 2.45) is 0 Å². The average Bonchev–Trinajstić information content (AvgIpc) is 2.15. The van der Waals surface area contributed by atoms with Crippen LogP contribution in [0, 0.1) is 6.92 Å². The van der Waals surface area contributed by atoms with Crippen molar-refractivity contribution in [3.8, 4) is 11.5 Å². The summed E-state index contributed by atoms with van der Waals surface area (Å²) >= 11 is 0. The van der Waals surface area contributed by atoms with Gasteiger partial charge in [0.2, 0.25) is 0 Å². The number of aliphatic hydroxyl groups excluding tert-OH is 1. The van der Waals surface area contributed by atoms with Crippen LogP contribution < -0.4 is 9.47 Å². The standard InChI is InChI=1S/C12H18O3/c1-8-5-10(7-9(2)13)12(15-4)11(6-8)14-3/h5-6,9,13H,7H2,1-4H3. The minimum Gasteiger partial charge on any atom is -0.493 e. The highest BCUT2D eigenvalue weighted by molar-refractivity contribution is 5.49. The molecule has 0 spiro atoms. The Morgan fingerprint density at radius 3 is 2.40 bits per heavy atom. The molecule has 1 aromatic rings. The molecule has 1 N–H and O–H groups in total. The summed E-state index contributed by atoms with van der Waals surface area (Å²) in [4.78, 5) is 0. The first-order chi connectivity index (χ1) is 7.08. The molecule has 15 heavy (non-hydrogen) atoms. The van der Waals surface area contributed by atoms with Crippen LogP contribution in [0.4, 0.5) is 0 Å². The molecule has 0 amide bonds. The molecule has 84 valence electrons. The third kappa shape index (κ3) is 2.86. The molecule has 0 saturated heterocycles. The first kappa shape index (κ1) is 11.9. The fourth-order valence-electron chi connectivity index (χ4n) is 1.67. The molecule has 3 nitrogen and oxygen atoms in total. The van der Waals surface area contributed by atoms with Gasteiger partial charge in [-0.15, -0.1) is 0 Å². The van der Waals surface area contributed by atoms with Crippen molar-refractivity contribution < 1.29 is 14.6 Å². The van der Waals surface area contributed by atoms with Gasteiger partial charge in [-0.2, -0.15) is 0 Å². The van der Waals surface area contributed by atoms with E-state index in [0.29, 0.717) is 17.9 Å². The van der Waals surface area contributed by atoms with Gasteiger partial charge >= 0.3 is 0 Å². The van der Waals surface area contributed by atoms with Crippen LogP contribution in [-0.4, -0.2) is 25.4 Å². The number of aliphatic hydroxyl groups is 1. The van der Waals surface area contributed by atoms with Gasteiger partial charge in [0.15, 0.2) is 11.5 Å². The molecule has 1 rings (SSSR count). The van der Waals surface area contributed by atoms with Crippen LogP contribution in [0.2, 0.25) is 0 Å². The number of rotatable bonds is 4. The summed E-state index contributed by atoms with van der Waals surface area (Å²) in [5.74, 6) is 1.43. The summed E-state index contributed by atoms with van der Waals surface area (Å²) in [6.07, 6.45) is 0.187. The average molecular weight is 210 g/mol. The molecule has 0 aliphatic heterocycles. The summed E-state index contributed by atoms with van der Waals surface area (Å²) in [5, 5.41) is 9.38. The van der Waals surface area contributed by atoms with E-state index in [2.05, 4.69) is 0 Å². The SMILES string of the molecule is COc1cc(C)cc(CC(C)O)c1OC. The van der Waals surface area contributed by atoms with Gasteiger partial charge in [-0.25, -0.2) is 0 Å². The lowest BCUT2D eigenvalue weighted by atomic mass is 10.0. The number of hydrogen-bond acceptors (Lipinski definition) is 3. The van der Waals surface area contributed by atoms with Gasteiger partial charge in [0.25, 0.3) is 0 Å². The molecule has 0 aliphatic carbocycles. The Hall–Kier alpha value is -1.22. The van der Waals surface area contributed by atoms with Crippen molar-refractivity contribution >= 4 is 0 Å². The van der Waals surface area contributed by atoms with E-state index in [4.69, 9.17) is 9.47 Å². The molecule has 3 heteroatoms. The molecular formula is C12H18O3. The Kier molecular flexibility index (Phi) is 3.97. The molecule has 0 heterocycles. The molecule has 1 atom stereocenters. The molecule has 0 fully saturated rings. The third-order valence-corrected chi connectivity index (χ3v) is 2.22. The highest BCUT2D eigenvalue weighted by Crippen LogP contribution is 2.33. The van der Waals surface area contributed by atoms with Gasteiger partial charge in [0, 0.05) is 12.0 Å². The normalized spacial score (nSPS) is 12.3. The van der Waals surface area contributed by atoms with E-state index in [0.717, 1.165) is 11.1 Å². The quantitative estimate of drug-likeness (QED) is 0.825. The molecular weight excluding hydrogens is 192 g/mol. The van der Waals surface area contributed by atoms with E-state index < -0.39 is 0 Å². The number of hydrogen-bond donors (Lipinski definition) is 1. The summed E-state index contributed by atoms with van der Waals surface area (Å²) < 4.78 is 10.5. The lowest BCUT2D eigenvalue weighted by Crippen LogP contribution is -2.07. The molecule has 0 saturated carbocycles. The fourth-order valence-corrected chi connectivity index (χ4v) is 1.67. The minimum absolute atomic E-state index is 0.384. The summed E-state index contributed by atoms with van der Waals surface area (Å²) in [5.41, 5.74) is 2.08. The van der Waals surface area contributed by atoms with Crippen molar-refractivity contribution in [1.82, 2.24) is 0 Å². The monoisotopic (exact) mass is 210 g/mol. The number of ether oxygens (including phenoxy) is 2. The number of benzene rings is 1. The van der Waals surface area contributed by atoms with E-state index >= 15 is 0 Å². The minimum atomic E-state index is -0.384. The van der Waals surface area contributed by atoms with Gasteiger partial charge in [0.1, 0.15) is 0 Å². The van der Waals surface area contributed by atoms with Crippen LogP contribution in [-0.2, 0) is 6.42 Å². The molecule has 1 unspecified atom stereocenters. The van der Waals surface area contributed by atoms with E-state index in [9.17, 15) is 5.11 Å². The van der Waals surface area contributed by atoms with E-state index in [1.807, 2.05) is 19.1 Å². The van der Waals surface area contributed by atoms with Crippen molar-refractivity contribution in [1.29, 1.82) is 0 Å². The Labute approximate surface area is 90.6 Å². The maximum Gasteiger partial charge on any atom is 0.164 e. The van der Waals surface area contributed by atoms with Crippen LogP contribution in [0.25, 0.3) is 0 Å². The zero-order valence-electron chi connectivity index (χ0n) is 9.70. The Balaban J connectivity index is 3.16. The van der Waals surface area contributed by atoms with Gasteiger partial charge in [-0.3, -0.25) is 0 Å². The van der Waals surface area contributed by atoms with Crippen molar-refractivity contribution in [2.45, 2.75) is 26.4 Å². The van der Waals surface area contributed by atoms with Crippen LogP contribution >= 0.6 is 0 Å². The predicted molar refractivity (Wildman–Crippen MR) is 59.7 cm³/mol. The van der Waals surface area contributed by atoms with Crippen LogP contribution in [0.3, 0.4) is 0 Å². The highest BCUT2D eigenvalue weighted by Gasteiger charge is 2.12. The number of aryl methyl sites for hydroxylation is 1. The topological polar surface area (TPSA) is 38.7 Å². The van der Waals surface area contributed by atoms with Gasteiger partial charge in [-0.1, -0.05) is 6.07 Å². The predicted octanol–water partition coefficient (Wildman–Crippen LogP) is 1.94. The smallest absolute Gasteiger partial charge is 0.164 e. The van der Waals surface area contributed by atoms with Crippen molar-refractivity contribution in [2.75, 3.05) is 14.2 Å². The molecule has 1 aromatic carbocycles. The zero-order chi connectivity index (χ0) is 11.4. The largest absolute Gasteiger partial charge is 0.493 e. The zero-order valence-corrected chi connectivity index (χ0v) is 9.70. The molecule has 0 bridgehead atoms. The van der Waals surface area contributed by atoms with Gasteiger partial charge in [-0.05, 0) is 25.5 Å². The Bertz CT molecular complexity index is 332.